The van der Waals surface area contributed by atoms with Gasteiger partial charge in [-0.2, -0.15) is 4.98 Å². The first kappa shape index (κ1) is 61.8. The highest BCUT2D eigenvalue weighted by atomic mass is 28.3. The molecule has 0 saturated heterocycles. The van der Waals surface area contributed by atoms with Gasteiger partial charge in [0, 0.05) is 61.7 Å². The van der Waals surface area contributed by atoms with Gasteiger partial charge in [0.15, 0.2) is 16.9 Å². The number of benzene rings is 3. The van der Waals surface area contributed by atoms with E-state index < -0.39 is 99.1 Å². The number of hydrogen-bond donors (Lipinski definition) is 11. The third kappa shape index (κ3) is 15.2. The summed E-state index contributed by atoms with van der Waals surface area (Å²) in [6.07, 6.45) is 6.37. The summed E-state index contributed by atoms with van der Waals surface area (Å²) < 4.78 is 2.09. The van der Waals surface area contributed by atoms with Crippen molar-refractivity contribution in [1.29, 1.82) is 0 Å². The highest BCUT2D eigenvalue weighted by molar-refractivity contribution is 6.98. The molecule has 25 nitrogen and oxygen atoms in total. The van der Waals surface area contributed by atoms with Crippen LogP contribution in [-0.4, -0.2) is 160 Å². The molecule has 3 heterocycles. The molecule has 2 aromatic heterocycles. The third-order valence-corrected chi connectivity index (χ3v) is 17.9. The van der Waals surface area contributed by atoms with Crippen LogP contribution in [0, 0.1) is 6.92 Å². The van der Waals surface area contributed by atoms with Gasteiger partial charge in [0.2, 0.25) is 23.7 Å². The standard InChI is InChI=1S/C58H67N13O12Si/c1-31-11-12-33(24-40(31)49-38-19-17-36(70(2)3)25-44(38)84(6,7)45-26-37(71(4)5)18-20-39(45)49)52(77)60-23-9-8-10-41(54(79)63-30-48(75)76)66-55(80)43(27-47(73)74)65-46(72)22-21-42(57(82)83)67-53(78)32-13-15-34(16-14-32)61-28-35-29-62-51-50(64-35)56(81)69-58(59)68-51/h11-20,24-26,29,41-43H,8-10,21-23,27-28,30H2,1-7H3,(H11-,59,60,61,62,63,65,66,67,68,69,72,73,74,75,76,77,78,79,80,81,82,83)/p+1. The van der Waals surface area contributed by atoms with E-state index in [9.17, 15) is 58.5 Å². The second-order valence-corrected chi connectivity index (χ2v) is 25.6. The molecule has 1 aliphatic heterocycles. The van der Waals surface area contributed by atoms with Crippen LogP contribution in [0.15, 0.2) is 101 Å². The molecule has 3 atom stereocenters. The van der Waals surface area contributed by atoms with Crippen LogP contribution in [-0.2, 0) is 35.3 Å². The number of aromatic nitrogens is 4. The molecule has 84 heavy (non-hydrogen) atoms. The Morgan fingerprint density at radius 1 is 0.774 bits per heavy atom. The summed E-state index contributed by atoms with van der Waals surface area (Å²) >= 11 is 0. The largest absolute Gasteiger partial charge is 0.481 e. The highest BCUT2D eigenvalue weighted by Gasteiger charge is 2.41. The first-order valence-electron chi connectivity index (χ1n) is 26.9. The van der Waals surface area contributed by atoms with Crippen LogP contribution in [0.2, 0.25) is 13.1 Å². The summed E-state index contributed by atoms with van der Waals surface area (Å²) in [4.78, 5) is 132. The van der Waals surface area contributed by atoms with Crippen LogP contribution >= 0.6 is 0 Å². The lowest BCUT2D eigenvalue weighted by Gasteiger charge is -2.38. The molecule has 0 fully saturated rings. The first-order valence-corrected chi connectivity index (χ1v) is 29.9. The molecule has 3 aromatic carbocycles. The zero-order valence-electron chi connectivity index (χ0n) is 47.5. The van der Waals surface area contributed by atoms with Gasteiger partial charge in [-0.15, -0.1) is 0 Å². The number of nitrogen functional groups attached to an aromatic ring is 1. The Labute approximate surface area is 483 Å². The predicted octanol–water partition coefficient (Wildman–Crippen LogP) is 1.97. The number of carbonyl (C=O) groups excluding carboxylic acids is 5. The average Bonchev–Trinajstić information content (AvgIpc) is 1.67. The van der Waals surface area contributed by atoms with Gasteiger partial charge in [-0.3, -0.25) is 43.3 Å². The number of fused-ring (bicyclic) bond motifs is 3. The van der Waals surface area contributed by atoms with E-state index in [2.05, 4.69) is 111 Å². The number of hydrogen-bond acceptors (Lipinski definition) is 15. The smallest absolute Gasteiger partial charge is 0.326 e. The minimum absolute atomic E-state index is 0.00816. The molecule has 440 valence electrons. The summed E-state index contributed by atoms with van der Waals surface area (Å²) in [7, 11) is 5.84. The average molecular weight is 1170 g/mol. The number of aliphatic carboxylic acids is 3. The zero-order chi connectivity index (χ0) is 61.2. The fourth-order valence-corrected chi connectivity index (χ4v) is 12.8. The lowest BCUT2D eigenvalue weighted by atomic mass is 9.86. The van der Waals surface area contributed by atoms with Gasteiger partial charge in [0.1, 0.15) is 46.8 Å². The monoisotopic (exact) mass is 1170 g/mol. The Bertz CT molecular complexity index is 3640. The number of allylic oxidation sites excluding steroid dienone is 5. The molecular weight excluding hydrogens is 1100 g/mol. The van der Waals surface area contributed by atoms with Crippen molar-refractivity contribution in [3.8, 4) is 0 Å². The number of unbranched alkanes of at least 4 members (excludes halogenated alkanes) is 1. The Morgan fingerprint density at radius 2 is 1.50 bits per heavy atom. The minimum atomic E-state index is -2.23. The van der Waals surface area contributed by atoms with Gasteiger partial charge >= 0.3 is 17.9 Å². The maximum absolute atomic E-state index is 13.9. The van der Waals surface area contributed by atoms with Crippen molar-refractivity contribution in [2.75, 3.05) is 57.2 Å². The number of amides is 5. The van der Waals surface area contributed by atoms with Crippen LogP contribution in [0.4, 0.5) is 17.3 Å². The summed E-state index contributed by atoms with van der Waals surface area (Å²) in [6, 6.07) is 13.3. The van der Waals surface area contributed by atoms with Gasteiger partial charge < -0.3 is 57.9 Å². The van der Waals surface area contributed by atoms with Crippen molar-refractivity contribution in [2.45, 2.75) is 83.2 Å². The molecule has 3 unspecified atom stereocenters. The van der Waals surface area contributed by atoms with E-state index in [1.54, 1.807) is 6.07 Å². The van der Waals surface area contributed by atoms with Gasteiger partial charge in [-0.25, -0.2) is 19.3 Å². The molecule has 1 aliphatic carbocycles. The highest BCUT2D eigenvalue weighted by Crippen LogP contribution is 2.43. The Balaban J connectivity index is 0.944. The van der Waals surface area contributed by atoms with Crippen molar-refractivity contribution in [2.24, 2.45) is 0 Å². The molecule has 0 bridgehead atoms. The van der Waals surface area contributed by atoms with Crippen molar-refractivity contribution in [3.05, 3.63) is 140 Å². The number of nitrogens with zero attached hydrogens (tertiary/aromatic N) is 5. The molecule has 0 spiro atoms. The predicted molar refractivity (Wildman–Crippen MR) is 317 cm³/mol. The topological polar surface area (TPSA) is 373 Å². The zero-order valence-corrected chi connectivity index (χ0v) is 48.5. The van der Waals surface area contributed by atoms with Crippen LogP contribution in [0.3, 0.4) is 0 Å². The van der Waals surface area contributed by atoms with E-state index in [1.165, 1.54) is 40.8 Å². The number of anilines is 3. The molecule has 7 rings (SSSR count). The van der Waals surface area contributed by atoms with Crippen molar-refractivity contribution in [1.82, 2.24) is 46.5 Å². The van der Waals surface area contributed by atoms with Gasteiger partial charge in [-0.05, 0) is 125 Å². The molecule has 2 aliphatic rings. The SMILES string of the molecule is Cc1ccc(C(=O)NCCCCC(NC(=O)C(CC(=O)O)NC(=O)CCC(NC(=O)c2ccc(NCc3cnc4nc(N)[nH]c(=O)c4n3)cc2)C(=O)O)C(=O)NCC(=O)O)cc1C1=C2C=CC(=[N+](C)C)C=C2[Si](C)(C)c2cc(N(C)C)ccc21. The number of nitrogens with one attached hydrogen (secondary N) is 7. The van der Waals surface area contributed by atoms with E-state index in [0.29, 0.717) is 23.4 Å². The van der Waals surface area contributed by atoms with Crippen molar-refractivity contribution in [3.63, 3.8) is 0 Å². The summed E-state index contributed by atoms with van der Waals surface area (Å²) in [5, 5.41) is 46.7. The molecule has 5 aromatic rings. The van der Waals surface area contributed by atoms with E-state index in [1.807, 2.05) is 47.2 Å². The molecule has 5 amide bonds. The maximum atomic E-state index is 13.9. The summed E-state index contributed by atoms with van der Waals surface area (Å²) in [5.41, 5.74) is 13.8. The molecule has 0 radical (unpaired) electrons. The Morgan fingerprint density at radius 3 is 2.18 bits per heavy atom. The fraction of sp³-hybridized carbons (Fsp3) is 0.328. The number of H-pyrrole nitrogens is 1. The summed E-state index contributed by atoms with van der Waals surface area (Å²) in [5.74, 6) is -8.57. The van der Waals surface area contributed by atoms with E-state index >= 15 is 0 Å². The second-order valence-electron chi connectivity index (χ2n) is 21.2. The van der Waals surface area contributed by atoms with E-state index in [4.69, 9.17) is 5.73 Å². The molecule has 0 saturated carbocycles. The number of rotatable bonds is 25. The maximum Gasteiger partial charge on any atom is 0.326 e. The molecule has 26 heteroatoms. The number of aromatic amines is 1. The van der Waals surface area contributed by atoms with Gasteiger partial charge in [0.25, 0.3) is 17.4 Å². The summed E-state index contributed by atoms with van der Waals surface area (Å²) in [6.45, 7) is 6.22. The number of nitrogens with two attached hydrogens (primary N) is 1. The van der Waals surface area contributed by atoms with Gasteiger partial charge in [0.05, 0.1) is 24.9 Å². The molecular formula is C58H68N13O12Si+. The lowest BCUT2D eigenvalue weighted by Crippen LogP contribution is -2.54. The van der Waals surface area contributed by atoms with Crippen LogP contribution in [0.25, 0.3) is 16.7 Å². The quantitative estimate of drug-likeness (QED) is 0.0226. The van der Waals surface area contributed by atoms with Crippen LogP contribution in [0.5, 0.6) is 0 Å². The van der Waals surface area contributed by atoms with Gasteiger partial charge in [-0.1, -0.05) is 25.2 Å². The van der Waals surface area contributed by atoms with E-state index in [-0.39, 0.29) is 54.5 Å². The number of aryl methyl sites for hydroxylation is 1. The second kappa shape index (κ2) is 26.8. The van der Waals surface area contributed by atoms with Crippen molar-refractivity contribution >= 4 is 100 Å². The third-order valence-electron chi connectivity index (χ3n) is 14.3. The fourth-order valence-electron chi connectivity index (χ4n) is 9.72. The van der Waals surface area contributed by atoms with Crippen molar-refractivity contribution < 1.29 is 58.3 Å². The normalized spacial score (nSPS) is 14.1. The Kier molecular flexibility index (Phi) is 19.7. The minimum Gasteiger partial charge on any atom is -0.481 e. The Hall–Kier alpha value is -9.85. The molecule has 12 N–H and O–H groups in total. The number of carboxylic acids is 3. The lowest BCUT2D eigenvalue weighted by molar-refractivity contribution is -0.462. The van der Waals surface area contributed by atoms with Crippen LogP contribution < -0.4 is 53.3 Å². The first-order chi connectivity index (χ1) is 39.8. The van der Waals surface area contributed by atoms with Crippen LogP contribution in [0.1, 0.15) is 81.6 Å². The number of carbonyl (C=O) groups is 8. The van der Waals surface area contributed by atoms with E-state index in [0.717, 1.165) is 39.2 Å². The number of carboxylic acid groups (broad SMARTS) is 3.